The number of carbonyl (C=O) groups excluding carboxylic acids is 1. The van der Waals surface area contributed by atoms with Crippen LogP contribution in [-0.4, -0.2) is 34.7 Å². The maximum atomic E-state index is 12.0. The number of nitrogens with one attached hydrogen (secondary N) is 2. The second kappa shape index (κ2) is 6.43. The molecule has 0 saturated heterocycles. The Hall–Kier alpha value is -2.31. The summed E-state index contributed by atoms with van der Waals surface area (Å²) < 4.78 is 4.94. The number of carbonyl (C=O) groups is 2. The number of anilines is 1. The van der Waals surface area contributed by atoms with E-state index in [0.717, 1.165) is 12.8 Å². The predicted octanol–water partition coefficient (Wildman–Crippen LogP) is 2.00. The molecule has 7 nitrogen and oxygen atoms in total. The summed E-state index contributed by atoms with van der Waals surface area (Å²) in [7, 11) is 1.51. The van der Waals surface area contributed by atoms with E-state index in [0.29, 0.717) is 24.4 Å². The van der Waals surface area contributed by atoms with Gasteiger partial charge in [-0.3, -0.25) is 4.79 Å². The van der Waals surface area contributed by atoms with Crippen LogP contribution in [0.5, 0.6) is 5.88 Å². The lowest BCUT2D eigenvalue weighted by molar-refractivity contribution is -0.138. The molecule has 2 rings (SSSR count). The van der Waals surface area contributed by atoms with E-state index < -0.39 is 17.5 Å². The standard InChI is InChI=1S/C14H19N3O4/c1-21-11-5-4-10(9-15-11)16-13(20)17-14(8-12(18)19)6-2-3-7-14/h4-5,9H,2-3,6-8H2,1H3,(H,18,19)(H2,16,17,20). The number of hydrogen-bond donors (Lipinski definition) is 3. The van der Waals surface area contributed by atoms with E-state index in [1.54, 1.807) is 12.1 Å². The molecule has 0 unspecified atom stereocenters. The van der Waals surface area contributed by atoms with E-state index in [2.05, 4.69) is 15.6 Å². The monoisotopic (exact) mass is 293 g/mol. The number of urea groups is 1. The fourth-order valence-corrected chi connectivity index (χ4v) is 2.67. The van der Waals surface area contributed by atoms with Crippen LogP contribution in [0.1, 0.15) is 32.1 Å². The van der Waals surface area contributed by atoms with E-state index in [9.17, 15) is 9.59 Å². The molecule has 0 bridgehead atoms. The van der Waals surface area contributed by atoms with Crippen LogP contribution < -0.4 is 15.4 Å². The third-order valence-corrected chi connectivity index (χ3v) is 3.63. The normalized spacial score (nSPS) is 16.2. The van der Waals surface area contributed by atoms with Gasteiger partial charge in [-0.2, -0.15) is 0 Å². The van der Waals surface area contributed by atoms with Crippen LogP contribution in [0.2, 0.25) is 0 Å². The van der Waals surface area contributed by atoms with Gasteiger partial charge in [0, 0.05) is 6.07 Å². The van der Waals surface area contributed by atoms with Crippen LogP contribution in [0.3, 0.4) is 0 Å². The second-order valence-electron chi connectivity index (χ2n) is 5.23. The molecule has 0 aromatic carbocycles. The van der Waals surface area contributed by atoms with Crippen molar-refractivity contribution < 1.29 is 19.4 Å². The number of pyridine rings is 1. The summed E-state index contributed by atoms with van der Waals surface area (Å²) in [5.74, 6) is -0.442. The smallest absolute Gasteiger partial charge is 0.319 e. The van der Waals surface area contributed by atoms with Gasteiger partial charge in [0.2, 0.25) is 5.88 Å². The summed E-state index contributed by atoms with van der Waals surface area (Å²) in [5.41, 5.74) is -0.118. The van der Waals surface area contributed by atoms with Crippen LogP contribution in [0, 0.1) is 0 Å². The largest absolute Gasteiger partial charge is 0.481 e. The molecule has 0 atom stereocenters. The molecule has 3 N–H and O–H groups in total. The van der Waals surface area contributed by atoms with Gasteiger partial charge in [0.1, 0.15) is 0 Å². The minimum atomic E-state index is -0.900. The molecule has 1 saturated carbocycles. The van der Waals surface area contributed by atoms with Gasteiger partial charge in [-0.1, -0.05) is 12.8 Å². The first-order valence-electron chi connectivity index (χ1n) is 6.84. The molecule has 1 aromatic rings. The number of aromatic nitrogens is 1. The topological polar surface area (TPSA) is 101 Å². The van der Waals surface area contributed by atoms with Crippen LogP contribution in [0.15, 0.2) is 18.3 Å². The van der Waals surface area contributed by atoms with E-state index in [1.165, 1.54) is 13.3 Å². The lowest BCUT2D eigenvalue weighted by Gasteiger charge is -2.28. The molecule has 1 heterocycles. The molecule has 114 valence electrons. The first kappa shape index (κ1) is 15.1. The van der Waals surface area contributed by atoms with Crippen molar-refractivity contribution in [1.29, 1.82) is 0 Å². The van der Waals surface area contributed by atoms with Crippen molar-refractivity contribution in [3.05, 3.63) is 18.3 Å². The number of amides is 2. The second-order valence-corrected chi connectivity index (χ2v) is 5.23. The highest BCUT2D eigenvalue weighted by Gasteiger charge is 2.37. The molecule has 0 radical (unpaired) electrons. The van der Waals surface area contributed by atoms with Gasteiger partial charge >= 0.3 is 12.0 Å². The summed E-state index contributed by atoms with van der Waals surface area (Å²) in [6, 6.07) is 2.90. The highest BCUT2D eigenvalue weighted by atomic mass is 16.5. The first-order chi connectivity index (χ1) is 10.0. The van der Waals surface area contributed by atoms with Crippen LogP contribution in [-0.2, 0) is 4.79 Å². The molecule has 2 amide bonds. The van der Waals surface area contributed by atoms with Crippen LogP contribution in [0.25, 0.3) is 0 Å². The third-order valence-electron chi connectivity index (χ3n) is 3.63. The van der Waals surface area contributed by atoms with E-state index in [-0.39, 0.29) is 6.42 Å². The number of methoxy groups -OCH3 is 1. The SMILES string of the molecule is COc1ccc(NC(=O)NC2(CC(=O)O)CCCC2)cn1. The molecule has 0 spiro atoms. The highest BCUT2D eigenvalue weighted by Crippen LogP contribution is 2.32. The fourth-order valence-electron chi connectivity index (χ4n) is 2.67. The van der Waals surface area contributed by atoms with E-state index >= 15 is 0 Å². The van der Waals surface area contributed by atoms with Crippen LogP contribution in [0.4, 0.5) is 10.5 Å². The van der Waals surface area contributed by atoms with Crippen molar-refractivity contribution in [2.24, 2.45) is 0 Å². The number of aliphatic carboxylic acids is 1. The molecular weight excluding hydrogens is 274 g/mol. The van der Waals surface area contributed by atoms with E-state index in [4.69, 9.17) is 9.84 Å². The Morgan fingerprint density at radius 2 is 2.10 bits per heavy atom. The summed E-state index contributed by atoms with van der Waals surface area (Å²) in [6.45, 7) is 0. The first-order valence-corrected chi connectivity index (χ1v) is 6.84. The average molecular weight is 293 g/mol. The molecule has 21 heavy (non-hydrogen) atoms. The molecule has 0 aliphatic heterocycles. The molecule has 1 aliphatic rings. The lowest BCUT2D eigenvalue weighted by Crippen LogP contribution is -2.49. The summed E-state index contributed by atoms with van der Waals surface area (Å²) in [6.07, 6.45) is 4.66. The van der Waals surface area contributed by atoms with Gasteiger partial charge in [-0.25, -0.2) is 9.78 Å². The Morgan fingerprint density at radius 3 is 2.62 bits per heavy atom. The van der Waals surface area contributed by atoms with Gasteiger partial charge in [0.05, 0.1) is 31.0 Å². The Balaban J connectivity index is 1.97. The average Bonchev–Trinajstić information content (AvgIpc) is 2.86. The van der Waals surface area contributed by atoms with Crippen molar-refractivity contribution in [3.8, 4) is 5.88 Å². The van der Waals surface area contributed by atoms with E-state index in [1.807, 2.05) is 0 Å². The minimum Gasteiger partial charge on any atom is -0.481 e. The number of nitrogens with zero attached hydrogens (tertiary/aromatic N) is 1. The van der Waals surface area contributed by atoms with Crippen molar-refractivity contribution >= 4 is 17.7 Å². The zero-order chi connectivity index (χ0) is 15.3. The Labute approximate surface area is 122 Å². The fraction of sp³-hybridized carbons (Fsp3) is 0.500. The van der Waals surface area contributed by atoms with Crippen LogP contribution >= 0.6 is 0 Å². The summed E-state index contributed by atoms with van der Waals surface area (Å²) in [5, 5.41) is 14.5. The highest BCUT2D eigenvalue weighted by molar-refractivity contribution is 5.90. The third kappa shape index (κ3) is 4.08. The van der Waals surface area contributed by atoms with Crippen molar-refractivity contribution in [1.82, 2.24) is 10.3 Å². The predicted molar refractivity (Wildman–Crippen MR) is 76.4 cm³/mol. The number of rotatable bonds is 5. The zero-order valence-electron chi connectivity index (χ0n) is 11.9. The molecule has 1 aliphatic carbocycles. The van der Waals surface area contributed by atoms with Gasteiger partial charge in [-0.05, 0) is 18.9 Å². The van der Waals surface area contributed by atoms with Gasteiger partial charge < -0.3 is 20.5 Å². The lowest BCUT2D eigenvalue weighted by atomic mass is 9.93. The summed E-state index contributed by atoms with van der Waals surface area (Å²) >= 11 is 0. The maximum absolute atomic E-state index is 12.0. The van der Waals surface area contributed by atoms with Crippen molar-refractivity contribution in [3.63, 3.8) is 0 Å². The minimum absolute atomic E-state index is 0.0543. The van der Waals surface area contributed by atoms with Gasteiger partial charge in [0.15, 0.2) is 0 Å². The molecule has 1 aromatic heterocycles. The molecular formula is C14H19N3O4. The molecule has 1 fully saturated rings. The van der Waals surface area contributed by atoms with Crippen molar-refractivity contribution in [2.45, 2.75) is 37.6 Å². The number of carboxylic acid groups (broad SMARTS) is 1. The number of carboxylic acids is 1. The van der Waals surface area contributed by atoms with Gasteiger partial charge in [0.25, 0.3) is 0 Å². The van der Waals surface area contributed by atoms with Gasteiger partial charge in [-0.15, -0.1) is 0 Å². The number of ether oxygens (including phenoxy) is 1. The summed E-state index contributed by atoms with van der Waals surface area (Å²) in [4.78, 5) is 27.0. The quantitative estimate of drug-likeness (QED) is 0.771. The molecule has 7 heteroatoms. The van der Waals surface area contributed by atoms with Crippen molar-refractivity contribution in [2.75, 3.05) is 12.4 Å². The number of hydrogen-bond acceptors (Lipinski definition) is 4. The zero-order valence-corrected chi connectivity index (χ0v) is 11.9. The Bertz CT molecular complexity index is 509. The Kier molecular flexibility index (Phi) is 4.62. The maximum Gasteiger partial charge on any atom is 0.319 e. The Morgan fingerprint density at radius 1 is 1.38 bits per heavy atom.